The second-order valence-corrected chi connectivity index (χ2v) is 4.57. The number of hydrogen-bond donors (Lipinski definition) is 0. The Bertz CT molecular complexity index is 382. The van der Waals surface area contributed by atoms with Crippen LogP contribution < -0.4 is 4.74 Å². The fourth-order valence-electron chi connectivity index (χ4n) is 1.52. The minimum atomic E-state index is -0.402. The van der Waals surface area contributed by atoms with Gasteiger partial charge in [-0.25, -0.2) is 0 Å². The number of unbranched alkanes of at least 4 members (excludes halogenated alkanes) is 2. The highest BCUT2D eigenvalue weighted by Crippen LogP contribution is 2.30. The van der Waals surface area contributed by atoms with Crippen molar-refractivity contribution in [3.05, 3.63) is 33.9 Å². The molecule has 1 rings (SSSR count). The van der Waals surface area contributed by atoms with Gasteiger partial charge in [-0.2, -0.15) is 0 Å². The predicted molar refractivity (Wildman–Crippen MR) is 71.0 cm³/mol. The number of ether oxygens (including phenoxy) is 1. The summed E-state index contributed by atoms with van der Waals surface area (Å²) in [4.78, 5) is 10.4. The molecule has 0 aliphatic heterocycles. The van der Waals surface area contributed by atoms with Crippen molar-refractivity contribution in [2.75, 3.05) is 11.9 Å². The molecule has 94 valence electrons. The van der Waals surface area contributed by atoms with Gasteiger partial charge >= 0.3 is 5.69 Å². The number of nitro benzene ring substituents is 1. The van der Waals surface area contributed by atoms with Crippen LogP contribution in [0.2, 0.25) is 0 Å². The van der Waals surface area contributed by atoms with Crippen LogP contribution in [0, 0.1) is 17.0 Å². The SMILES string of the molecule is Cc1cccc([N+](=O)[O-])c1OCCCCCBr. The van der Waals surface area contributed by atoms with Gasteiger partial charge in [0, 0.05) is 11.4 Å². The molecule has 0 saturated heterocycles. The van der Waals surface area contributed by atoms with Crippen molar-refractivity contribution in [2.24, 2.45) is 0 Å². The average molecular weight is 302 g/mol. The number of hydrogen-bond acceptors (Lipinski definition) is 3. The van der Waals surface area contributed by atoms with Crippen molar-refractivity contribution in [1.29, 1.82) is 0 Å². The van der Waals surface area contributed by atoms with E-state index in [4.69, 9.17) is 4.74 Å². The molecular weight excluding hydrogens is 286 g/mol. The van der Waals surface area contributed by atoms with Crippen LogP contribution >= 0.6 is 15.9 Å². The zero-order chi connectivity index (χ0) is 12.7. The van der Waals surface area contributed by atoms with Gasteiger partial charge in [-0.1, -0.05) is 28.1 Å². The minimum absolute atomic E-state index is 0.0468. The van der Waals surface area contributed by atoms with Gasteiger partial charge in [0.05, 0.1) is 11.5 Å². The van der Waals surface area contributed by atoms with Gasteiger partial charge in [-0.3, -0.25) is 10.1 Å². The van der Waals surface area contributed by atoms with E-state index >= 15 is 0 Å². The van der Waals surface area contributed by atoms with Crippen LogP contribution in [0.1, 0.15) is 24.8 Å². The van der Waals surface area contributed by atoms with Crippen LogP contribution in [0.15, 0.2) is 18.2 Å². The Morgan fingerprint density at radius 3 is 2.76 bits per heavy atom. The van der Waals surface area contributed by atoms with Crippen LogP contribution in [-0.2, 0) is 0 Å². The number of para-hydroxylation sites is 1. The topological polar surface area (TPSA) is 52.4 Å². The fourth-order valence-corrected chi connectivity index (χ4v) is 1.91. The Kier molecular flexibility index (Phi) is 5.97. The minimum Gasteiger partial charge on any atom is -0.487 e. The van der Waals surface area contributed by atoms with Crippen molar-refractivity contribution in [3.63, 3.8) is 0 Å². The summed E-state index contributed by atoms with van der Waals surface area (Å²) in [5, 5.41) is 11.8. The van der Waals surface area contributed by atoms with E-state index < -0.39 is 4.92 Å². The number of nitrogens with zero attached hydrogens (tertiary/aromatic N) is 1. The third-order valence-corrected chi connectivity index (χ3v) is 2.97. The Morgan fingerprint density at radius 2 is 2.12 bits per heavy atom. The molecule has 0 N–H and O–H groups in total. The van der Waals surface area contributed by atoms with Gasteiger partial charge in [0.15, 0.2) is 5.75 Å². The molecule has 0 aliphatic carbocycles. The maximum atomic E-state index is 10.8. The van der Waals surface area contributed by atoms with E-state index in [1.54, 1.807) is 6.07 Å². The van der Waals surface area contributed by atoms with Gasteiger partial charge < -0.3 is 4.74 Å². The monoisotopic (exact) mass is 301 g/mol. The van der Waals surface area contributed by atoms with Gasteiger partial charge in [-0.15, -0.1) is 0 Å². The molecule has 0 bridgehead atoms. The molecule has 0 unspecified atom stereocenters. The lowest BCUT2D eigenvalue weighted by atomic mass is 10.2. The van der Waals surface area contributed by atoms with Crippen LogP contribution in [0.3, 0.4) is 0 Å². The molecule has 0 radical (unpaired) electrons. The van der Waals surface area contributed by atoms with E-state index in [2.05, 4.69) is 15.9 Å². The van der Waals surface area contributed by atoms with E-state index in [9.17, 15) is 10.1 Å². The van der Waals surface area contributed by atoms with Crippen molar-refractivity contribution in [3.8, 4) is 5.75 Å². The molecule has 5 heteroatoms. The maximum absolute atomic E-state index is 10.8. The summed E-state index contributed by atoms with van der Waals surface area (Å²) in [6, 6.07) is 4.97. The zero-order valence-electron chi connectivity index (χ0n) is 9.82. The number of aryl methyl sites for hydroxylation is 1. The third-order valence-electron chi connectivity index (χ3n) is 2.41. The molecule has 0 amide bonds. The first-order valence-electron chi connectivity index (χ1n) is 5.59. The van der Waals surface area contributed by atoms with Crippen molar-refractivity contribution in [1.82, 2.24) is 0 Å². The first kappa shape index (κ1) is 14.0. The van der Waals surface area contributed by atoms with Crippen LogP contribution in [-0.4, -0.2) is 16.9 Å². The number of benzene rings is 1. The standard InChI is InChI=1S/C12H16BrNO3/c1-10-6-5-7-11(14(15)16)12(10)17-9-4-2-3-8-13/h5-7H,2-4,8-9H2,1H3. The molecule has 0 saturated carbocycles. The third kappa shape index (κ3) is 4.34. The Hall–Kier alpha value is -1.10. The molecule has 0 heterocycles. The van der Waals surface area contributed by atoms with Gasteiger partial charge in [0.25, 0.3) is 0 Å². The lowest BCUT2D eigenvalue weighted by Gasteiger charge is -2.08. The largest absolute Gasteiger partial charge is 0.487 e. The Morgan fingerprint density at radius 1 is 1.35 bits per heavy atom. The van der Waals surface area contributed by atoms with Crippen molar-refractivity contribution in [2.45, 2.75) is 26.2 Å². The summed E-state index contributed by atoms with van der Waals surface area (Å²) in [5.41, 5.74) is 0.852. The normalized spacial score (nSPS) is 10.2. The average Bonchev–Trinajstić information content (AvgIpc) is 2.30. The van der Waals surface area contributed by atoms with E-state index in [-0.39, 0.29) is 5.69 Å². The summed E-state index contributed by atoms with van der Waals surface area (Å²) in [6.45, 7) is 2.35. The van der Waals surface area contributed by atoms with E-state index in [1.807, 2.05) is 13.0 Å². The Balaban J connectivity index is 2.60. The van der Waals surface area contributed by atoms with E-state index in [0.29, 0.717) is 12.4 Å². The zero-order valence-corrected chi connectivity index (χ0v) is 11.4. The predicted octanol–water partition coefficient (Wildman–Crippen LogP) is 3.85. The summed E-state index contributed by atoms with van der Waals surface area (Å²) >= 11 is 3.36. The molecular formula is C12H16BrNO3. The number of nitro groups is 1. The maximum Gasteiger partial charge on any atom is 0.311 e. The lowest BCUT2D eigenvalue weighted by molar-refractivity contribution is -0.385. The molecule has 4 nitrogen and oxygen atoms in total. The van der Waals surface area contributed by atoms with E-state index in [1.165, 1.54) is 6.07 Å². The van der Waals surface area contributed by atoms with Gasteiger partial charge in [0.1, 0.15) is 0 Å². The molecule has 1 aromatic carbocycles. The molecule has 17 heavy (non-hydrogen) atoms. The second kappa shape index (κ2) is 7.27. The van der Waals surface area contributed by atoms with E-state index in [0.717, 1.165) is 30.2 Å². The molecule has 0 atom stereocenters. The van der Waals surface area contributed by atoms with Crippen LogP contribution in [0.25, 0.3) is 0 Å². The molecule has 0 aliphatic rings. The highest BCUT2D eigenvalue weighted by molar-refractivity contribution is 9.09. The quantitative estimate of drug-likeness (QED) is 0.333. The molecule has 0 spiro atoms. The van der Waals surface area contributed by atoms with Crippen LogP contribution in [0.5, 0.6) is 5.75 Å². The van der Waals surface area contributed by atoms with Gasteiger partial charge in [0.2, 0.25) is 0 Å². The highest BCUT2D eigenvalue weighted by Gasteiger charge is 2.16. The Labute approximate surface area is 109 Å². The number of halogens is 1. The lowest BCUT2D eigenvalue weighted by Crippen LogP contribution is -2.02. The highest BCUT2D eigenvalue weighted by atomic mass is 79.9. The smallest absolute Gasteiger partial charge is 0.311 e. The first-order chi connectivity index (χ1) is 8.16. The summed E-state index contributed by atoms with van der Waals surface area (Å²) in [5.74, 6) is 0.399. The summed E-state index contributed by atoms with van der Waals surface area (Å²) in [7, 11) is 0. The van der Waals surface area contributed by atoms with Gasteiger partial charge in [-0.05, 0) is 31.7 Å². The summed E-state index contributed by atoms with van der Waals surface area (Å²) < 4.78 is 5.52. The summed E-state index contributed by atoms with van der Waals surface area (Å²) in [6.07, 6.45) is 3.07. The van der Waals surface area contributed by atoms with Crippen LogP contribution in [0.4, 0.5) is 5.69 Å². The fraction of sp³-hybridized carbons (Fsp3) is 0.500. The number of alkyl halides is 1. The molecule has 0 aromatic heterocycles. The second-order valence-electron chi connectivity index (χ2n) is 3.78. The molecule has 1 aromatic rings. The molecule has 0 fully saturated rings. The number of rotatable bonds is 7. The van der Waals surface area contributed by atoms with Crippen molar-refractivity contribution >= 4 is 21.6 Å². The first-order valence-corrected chi connectivity index (χ1v) is 6.71. The van der Waals surface area contributed by atoms with Crippen molar-refractivity contribution < 1.29 is 9.66 Å².